The zero-order valence-corrected chi connectivity index (χ0v) is 10.5. The number of allylic oxidation sites excluding steroid dienone is 3. The lowest BCUT2D eigenvalue weighted by Crippen LogP contribution is -1.97. The molecule has 0 radical (unpaired) electrons. The highest BCUT2D eigenvalue weighted by molar-refractivity contribution is 9.11. The average molecular weight is 261 g/mol. The van der Waals surface area contributed by atoms with Crippen LogP contribution >= 0.6 is 15.9 Å². The summed E-state index contributed by atoms with van der Waals surface area (Å²) < 4.78 is 0.859. The van der Waals surface area contributed by atoms with Crippen LogP contribution in [0.15, 0.2) is 34.9 Å². The molecule has 0 spiro atoms. The van der Waals surface area contributed by atoms with Crippen molar-refractivity contribution in [3.05, 3.63) is 34.9 Å². The van der Waals surface area contributed by atoms with Crippen LogP contribution in [0.1, 0.15) is 27.2 Å². The zero-order chi connectivity index (χ0) is 11.6. The van der Waals surface area contributed by atoms with Crippen molar-refractivity contribution < 1.29 is 9.90 Å². The lowest BCUT2D eigenvalue weighted by atomic mass is 10.2. The van der Waals surface area contributed by atoms with Crippen LogP contribution in [0, 0.1) is 0 Å². The van der Waals surface area contributed by atoms with E-state index >= 15 is 0 Å². The Balaban J connectivity index is 0. The Morgan fingerprint density at radius 3 is 2.29 bits per heavy atom. The molecule has 0 aliphatic heterocycles. The quantitative estimate of drug-likeness (QED) is 0.615. The van der Waals surface area contributed by atoms with Gasteiger partial charge in [-0.25, -0.2) is 4.79 Å². The zero-order valence-electron chi connectivity index (χ0n) is 8.88. The SMILES string of the molecule is C=C/C=C(\C=C(\Br)CC)C(=O)O.CC. The smallest absolute Gasteiger partial charge is 0.335 e. The van der Waals surface area contributed by atoms with E-state index in [1.807, 2.05) is 20.8 Å². The van der Waals surface area contributed by atoms with Gasteiger partial charge in [-0.3, -0.25) is 0 Å². The van der Waals surface area contributed by atoms with E-state index in [1.165, 1.54) is 12.2 Å². The van der Waals surface area contributed by atoms with Crippen LogP contribution in [0.4, 0.5) is 0 Å². The summed E-state index contributed by atoms with van der Waals surface area (Å²) in [4.78, 5) is 10.6. The average Bonchev–Trinajstić information content (AvgIpc) is 2.19. The van der Waals surface area contributed by atoms with Gasteiger partial charge in [-0.05, 0) is 23.1 Å². The molecule has 0 bridgehead atoms. The maximum absolute atomic E-state index is 10.6. The summed E-state index contributed by atoms with van der Waals surface area (Å²) in [5, 5.41) is 8.67. The number of rotatable bonds is 4. The van der Waals surface area contributed by atoms with E-state index in [9.17, 15) is 4.79 Å². The second-order valence-electron chi connectivity index (χ2n) is 2.11. The molecule has 0 fully saturated rings. The van der Waals surface area contributed by atoms with E-state index in [1.54, 1.807) is 6.08 Å². The molecule has 2 nitrogen and oxygen atoms in total. The Hall–Kier alpha value is -0.830. The summed E-state index contributed by atoms with van der Waals surface area (Å²) in [6.45, 7) is 9.37. The number of aliphatic carboxylic acids is 1. The van der Waals surface area contributed by atoms with Crippen LogP contribution in [0.25, 0.3) is 0 Å². The minimum atomic E-state index is -0.944. The highest BCUT2D eigenvalue weighted by Crippen LogP contribution is 2.13. The molecule has 0 saturated heterocycles. The molecule has 0 unspecified atom stereocenters. The molecule has 0 atom stereocenters. The van der Waals surface area contributed by atoms with Crippen LogP contribution in [-0.2, 0) is 4.79 Å². The predicted octanol–water partition coefficient (Wildman–Crippen LogP) is 3.90. The molecule has 14 heavy (non-hydrogen) atoms. The van der Waals surface area contributed by atoms with Gasteiger partial charge in [0.2, 0.25) is 0 Å². The minimum absolute atomic E-state index is 0.235. The van der Waals surface area contributed by atoms with Crippen LogP contribution in [0.5, 0.6) is 0 Å². The standard InChI is InChI=1S/C9H11BrO2.C2H6/c1-3-5-7(9(11)12)6-8(10)4-2;1-2/h3,5-6H,1,4H2,2H3,(H,11,12);1-2H3/b7-5+,8-6+;. The van der Waals surface area contributed by atoms with E-state index < -0.39 is 5.97 Å². The third kappa shape index (κ3) is 7.80. The fraction of sp³-hybridized carbons (Fsp3) is 0.364. The predicted molar refractivity (Wildman–Crippen MR) is 64.6 cm³/mol. The Morgan fingerprint density at radius 2 is 2.00 bits per heavy atom. The van der Waals surface area contributed by atoms with Crippen molar-refractivity contribution in [1.82, 2.24) is 0 Å². The largest absolute Gasteiger partial charge is 0.478 e. The van der Waals surface area contributed by atoms with Gasteiger partial charge in [-0.1, -0.05) is 49.4 Å². The molecule has 0 saturated carbocycles. The third-order valence-corrected chi connectivity index (χ3v) is 1.98. The van der Waals surface area contributed by atoms with Crippen molar-refractivity contribution in [1.29, 1.82) is 0 Å². The molecule has 0 aromatic heterocycles. The van der Waals surface area contributed by atoms with Crippen LogP contribution in [-0.4, -0.2) is 11.1 Å². The maximum Gasteiger partial charge on any atom is 0.335 e. The summed E-state index contributed by atoms with van der Waals surface area (Å²) in [6, 6.07) is 0. The van der Waals surface area contributed by atoms with Crippen molar-refractivity contribution in [3.63, 3.8) is 0 Å². The highest BCUT2D eigenvalue weighted by atomic mass is 79.9. The number of hydrogen-bond acceptors (Lipinski definition) is 1. The molecular weight excluding hydrogens is 244 g/mol. The van der Waals surface area contributed by atoms with Crippen LogP contribution in [0.2, 0.25) is 0 Å². The lowest BCUT2D eigenvalue weighted by Gasteiger charge is -1.94. The summed E-state index contributed by atoms with van der Waals surface area (Å²) in [5.41, 5.74) is 0.235. The Bertz CT molecular complexity index is 240. The monoisotopic (exact) mass is 260 g/mol. The summed E-state index contributed by atoms with van der Waals surface area (Å²) in [6.07, 6.45) is 5.26. The number of hydrogen-bond donors (Lipinski definition) is 1. The van der Waals surface area contributed by atoms with Gasteiger partial charge >= 0.3 is 5.97 Å². The summed E-state index contributed by atoms with van der Waals surface area (Å²) >= 11 is 3.24. The fourth-order valence-electron chi connectivity index (χ4n) is 0.579. The molecule has 0 aromatic rings. The van der Waals surface area contributed by atoms with Gasteiger partial charge in [0.15, 0.2) is 0 Å². The second-order valence-corrected chi connectivity index (χ2v) is 3.13. The first-order valence-electron chi connectivity index (χ1n) is 4.53. The normalized spacial score (nSPS) is 11.4. The molecule has 0 heterocycles. The van der Waals surface area contributed by atoms with Gasteiger partial charge in [0.25, 0.3) is 0 Å². The van der Waals surface area contributed by atoms with Gasteiger partial charge in [0.1, 0.15) is 0 Å². The van der Waals surface area contributed by atoms with Crippen molar-refractivity contribution >= 4 is 21.9 Å². The lowest BCUT2D eigenvalue weighted by molar-refractivity contribution is -0.132. The van der Waals surface area contributed by atoms with E-state index in [4.69, 9.17) is 5.11 Å². The van der Waals surface area contributed by atoms with E-state index in [0.717, 1.165) is 10.9 Å². The third-order valence-electron chi connectivity index (χ3n) is 1.19. The van der Waals surface area contributed by atoms with Crippen molar-refractivity contribution in [3.8, 4) is 0 Å². The van der Waals surface area contributed by atoms with Crippen LogP contribution in [0.3, 0.4) is 0 Å². The minimum Gasteiger partial charge on any atom is -0.478 e. The molecule has 3 heteroatoms. The molecule has 80 valence electrons. The molecule has 1 N–H and O–H groups in total. The first-order chi connectivity index (χ1) is 6.61. The number of carboxylic acid groups (broad SMARTS) is 1. The Kier molecular flexibility index (Phi) is 11.4. The molecule has 0 aliphatic carbocycles. The first kappa shape index (κ1) is 15.6. The number of carbonyl (C=O) groups is 1. The van der Waals surface area contributed by atoms with Crippen LogP contribution < -0.4 is 0 Å². The molecular formula is C11H17BrO2. The number of halogens is 1. The number of carboxylic acids is 1. The topological polar surface area (TPSA) is 37.3 Å². The van der Waals surface area contributed by atoms with Gasteiger partial charge in [0, 0.05) is 0 Å². The maximum atomic E-state index is 10.6. The Morgan fingerprint density at radius 1 is 1.50 bits per heavy atom. The van der Waals surface area contributed by atoms with Crippen molar-refractivity contribution in [2.75, 3.05) is 0 Å². The molecule has 0 amide bonds. The molecule has 0 aliphatic rings. The Labute approximate surface area is 94.1 Å². The van der Waals surface area contributed by atoms with Gasteiger partial charge in [-0.15, -0.1) is 0 Å². The first-order valence-corrected chi connectivity index (χ1v) is 5.33. The van der Waals surface area contributed by atoms with E-state index in [-0.39, 0.29) is 5.57 Å². The fourth-order valence-corrected chi connectivity index (χ4v) is 0.826. The summed E-state index contributed by atoms with van der Waals surface area (Å²) in [5.74, 6) is -0.944. The summed E-state index contributed by atoms with van der Waals surface area (Å²) in [7, 11) is 0. The van der Waals surface area contributed by atoms with E-state index in [2.05, 4.69) is 22.5 Å². The highest BCUT2D eigenvalue weighted by Gasteiger charge is 2.02. The van der Waals surface area contributed by atoms with Gasteiger partial charge in [0.05, 0.1) is 5.57 Å². The van der Waals surface area contributed by atoms with E-state index in [0.29, 0.717) is 0 Å². The molecule has 0 rings (SSSR count). The molecule has 0 aromatic carbocycles. The van der Waals surface area contributed by atoms with Gasteiger partial charge in [-0.2, -0.15) is 0 Å². The van der Waals surface area contributed by atoms with Gasteiger partial charge < -0.3 is 5.11 Å². The second kappa shape index (κ2) is 10.3. The van der Waals surface area contributed by atoms with Crippen molar-refractivity contribution in [2.24, 2.45) is 0 Å². The van der Waals surface area contributed by atoms with Crippen molar-refractivity contribution in [2.45, 2.75) is 27.2 Å².